The van der Waals surface area contributed by atoms with Crippen LogP contribution in [0.25, 0.3) is 0 Å². The lowest BCUT2D eigenvalue weighted by Crippen LogP contribution is -2.37. The number of aromatic carboxylic acids is 1. The molecule has 0 saturated carbocycles. The number of nitriles is 1. The molecule has 112 valence electrons. The number of hydrogen-bond acceptors (Lipinski definition) is 3. The summed E-state index contributed by atoms with van der Waals surface area (Å²) in [6.07, 6.45) is 0. The number of urea groups is 1. The fourth-order valence-electron chi connectivity index (χ4n) is 1.70. The minimum absolute atomic E-state index is 0.158. The van der Waals surface area contributed by atoms with Gasteiger partial charge in [-0.05, 0) is 32.0 Å². The van der Waals surface area contributed by atoms with Crippen LogP contribution in [0.4, 0.5) is 14.9 Å². The van der Waals surface area contributed by atoms with Gasteiger partial charge in [-0.1, -0.05) is 0 Å². The first-order valence-corrected chi connectivity index (χ1v) is 6.37. The number of carboxylic acids is 1. The van der Waals surface area contributed by atoms with Gasteiger partial charge in [-0.15, -0.1) is 0 Å². The molecule has 7 heteroatoms. The highest BCUT2D eigenvalue weighted by Gasteiger charge is 2.16. The number of benzene rings is 1. The SMILES string of the molecule is CCN(CC(C)C#N)C(=O)Nc1ccc(C(=O)O)c(F)c1. The van der Waals surface area contributed by atoms with Gasteiger partial charge in [-0.3, -0.25) is 0 Å². The molecule has 21 heavy (non-hydrogen) atoms. The molecule has 6 nitrogen and oxygen atoms in total. The van der Waals surface area contributed by atoms with E-state index in [0.29, 0.717) is 6.54 Å². The van der Waals surface area contributed by atoms with Crippen LogP contribution in [0.5, 0.6) is 0 Å². The van der Waals surface area contributed by atoms with Crippen LogP contribution >= 0.6 is 0 Å². The third-order valence-corrected chi connectivity index (χ3v) is 2.83. The highest BCUT2D eigenvalue weighted by Crippen LogP contribution is 2.15. The van der Waals surface area contributed by atoms with Crippen molar-refractivity contribution in [3.63, 3.8) is 0 Å². The second-order valence-electron chi connectivity index (χ2n) is 4.50. The van der Waals surface area contributed by atoms with Crippen LogP contribution in [0.2, 0.25) is 0 Å². The molecular weight excluding hydrogens is 277 g/mol. The van der Waals surface area contributed by atoms with Crippen LogP contribution in [0.1, 0.15) is 24.2 Å². The number of carboxylic acid groups (broad SMARTS) is 1. The average Bonchev–Trinajstić information content (AvgIpc) is 2.43. The van der Waals surface area contributed by atoms with E-state index in [9.17, 15) is 14.0 Å². The molecule has 1 aromatic rings. The molecule has 0 radical (unpaired) electrons. The molecule has 0 aliphatic carbocycles. The molecule has 0 heterocycles. The molecule has 0 aliphatic heterocycles. The topological polar surface area (TPSA) is 93.4 Å². The van der Waals surface area contributed by atoms with Crippen LogP contribution in [0.3, 0.4) is 0 Å². The Labute approximate surface area is 121 Å². The van der Waals surface area contributed by atoms with E-state index in [1.165, 1.54) is 11.0 Å². The number of carbonyl (C=O) groups excluding carboxylic acids is 1. The minimum atomic E-state index is -1.37. The first-order chi connectivity index (χ1) is 9.88. The van der Waals surface area contributed by atoms with Crippen LogP contribution < -0.4 is 5.32 Å². The third-order valence-electron chi connectivity index (χ3n) is 2.83. The van der Waals surface area contributed by atoms with E-state index in [4.69, 9.17) is 10.4 Å². The van der Waals surface area contributed by atoms with Crippen LogP contribution in [-0.2, 0) is 0 Å². The zero-order chi connectivity index (χ0) is 16.0. The van der Waals surface area contributed by atoms with Gasteiger partial charge in [0.15, 0.2) is 0 Å². The summed E-state index contributed by atoms with van der Waals surface area (Å²) in [7, 11) is 0. The van der Waals surface area contributed by atoms with Crippen molar-refractivity contribution in [2.45, 2.75) is 13.8 Å². The summed E-state index contributed by atoms with van der Waals surface area (Å²) in [5.74, 6) is -2.61. The zero-order valence-electron chi connectivity index (χ0n) is 11.8. The Balaban J connectivity index is 2.80. The smallest absolute Gasteiger partial charge is 0.338 e. The molecule has 0 aromatic heterocycles. The molecule has 0 aliphatic rings. The Bertz CT molecular complexity index is 583. The summed E-state index contributed by atoms with van der Waals surface area (Å²) in [5.41, 5.74) is -0.302. The van der Waals surface area contributed by atoms with Gasteiger partial charge in [-0.2, -0.15) is 5.26 Å². The second kappa shape index (κ2) is 7.24. The molecule has 0 saturated heterocycles. The maximum Gasteiger partial charge on any atom is 0.338 e. The molecule has 1 atom stereocenters. The maximum atomic E-state index is 13.5. The fourth-order valence-corrected chi connectivity index (χ4v) is 1.70. The normalized spacial score (nSPS) is 11.3. The van der Waals surface area contributed by atoms with Gasteiger partial charge in [0.25, 0.3) is 0 Å². The average molecular weight is 293 g/mol. The van der Waals surface area contributed by atoms with Gasteiger partial charge in [0, 0.05) is 18.8 Å². The third kappa shape index (κ3) is 4.45. The molecule has 2 N–H and O–H groups in total. The Hall–Kier alpha value is -2.62. The van der Waals surface area contributed by atoms with Crippen LogP contribution in [0, 0.1) is 23.1 Å². The Morgan fingerprint density at radius 1 is 1.52 bits per heavy atom. The van der Waals surface area contributed by atoms with Crippen molar-refractivity contribution in [1.29, 1.82) is 5.26 Å². The lowest BCUT2D eigenvalue weighted by molar-refractivity contribution is 0.0692. The summed E-state index contributed by atoms with van der Waals surface area (Å²) < 4.78 is 13.5. The van der Waals surface area contributed by atoms with E-state index >= 15 is 0 Å². The lowest BCUT2D eigenvalue weighted by atomic mass is 10.2. The van der Waals surface area contributed by atoms with Crippen molar-refractivity contribution in [3.8, 4) is 6.07 Å². The predicted octanol–water partition coefficient (Wildman–Crippen LogP) is 2.54. The summed E-state index contributed by atoms with van der Waals surface area (Å²) in [6.45, 7) is 4.11. The number of rotatable bonds is 5. The lowest BCUT2D eigenvalue weighted by Gasteiger charge is -2.22. The van der Waals surface area contributed by atoms with Crippen LogP contribution in [0.15, 0.2) is 18.2 Å². The predicted molar refractivity (Wildman–Crippen MR) is 74.4 cm³/mol. The standard InChI is InChI=1S/C14H16FN3O3/c1-3-18(8-9(2)7-16)14(21)17-10-4-5-11(13(19)20)12(15)6-10/h4-6,9H,3,8H2,1-2H3,(H,17,21)(H,19,20). The quantitative estimate of drug-likeness (QED) is 0.872. The molecule has 1 rings (SSSR count). The van der Waals surface area contributed by atoms with E-state index in [1.54, 1.807) is 13.8 Å². The fraction of sp³-hybridized carbons (Fsp3) is 0.357. The maximum absolute atomic E-state index is 13.5. The molecule has 1 unspecified atom stereocenters. The largest absolute Gasteiger partial charge is 0.478 e. The monoisotopic (exact) mass is 293 g/mol. The van der Waals surface area contributed by atoms with E-state index < -0.39 is 23.4 Å². The summed E-state index contributed by atoms with van der Waals surface area (Å²) >= 11 is 0. The van der Waals surface area contributed by atoms with Crippen LogP contribution in [-0.4, -0.2) is 35.1 Å². The highest BCUT2D eigenvalue weighted by molar-refractivity contribution is 5.91. The van der Waals surface area contributed by atoms with Gasteiger partial charge in [-0.25, -0.2) is 14.0 Å². The first kappa shape index (κ1) is 16.4. The number of carbonyl (C=O) groups is 2. The second-order valence-corrected chi connectivity index (χ2v) is 4.50. The number of halogens is 1. The minimum Gasteiger partial charge on any atom is -0.478 e. The van der Waals surface area contributed by atoms with Gasteiger partial charge in [0.05, 0.1) is 17.6 Å². The van der Waals surface area contributed by atoms with Crippen molar-refractivity contribution < 1.29 is 19.1 Å². The van der Waals surface area contributed by atoms with E-state index in [2.05, 4.69) is 5.32 Å². The Morgan fingerprint density at radius 3 is 2.67 bits per heavy atom. The number of anilines is 1. The molecule has 0 fully saturated rings. The molecule has 1 aromatic carbocycles. The van der Waals surface area contributed by atoms with Gasteiger partial charge in [0.2, 0.25) is 0 Å². The Kier molecular flexibility index (Phi) is 5.67. The van der Waals surface area contributed by atoms with Crippen molar-refractivity contribution in [2.24, 2.45) is 5.92 Å². The van der Waals surface area contributed by atoms with Gasteiger partial charge >= 0.3 is 12.0 Å². The number of amides is 2. The van der Waals surface area contributed by atoms with E-state index in [1.807, 2.05) is 6.07 Å². The van der Waals surface area contributed by atoms with Crippen molar-refractivity contribution in [1.82, 2.24) is 4.90 Å². The molecular formula is C14H16FN3O3. The summed E-state index contributed by atoms with van der Waals surface area (Å²) in [4.78, 5) is 24.1. The number of nitrogens with zero attached hydrogens (tertiary/aromatic N) is 2. The number of hydrogen-bond donors (Lipinski definition) is 2. The number of nitrogens with one attached hydrogen (secondary N) is 1. The van der Waals surface area contributed by atoms with Gasteiger partial charge in [0.1, 0.15) is 5.82 Å². The highest BCUT2D eigenvalue weighted by atomic mass is 19.1. The summed E-state index contributed by atoms with van der Waals surface area (Å²) in [6, 6.07) is 4.90. The van der Waals surface area contributed by atoms with Crippen molar-refractivity contribution >= 4 is 17.7 Å². The summed E-state index contributed by atoms with van der Waals surface area (Å²) in [5, 5.41) is 20.0. The first-order valence-electron chi connectivity index (χ1n) is 6.37. The van der Waals surface area contributed by atoms with E-state index in [-0.39, 0.29) is 18.2 Å². The Morgan fingerprint density at radius 2 is 2.19 bits per heavy atom. The molecule has 0 bridgehead atoms. The van der Waals surface area contributed by atoms with Crippen molar-refractivity contribution in [2.75, 3.05) is 18.4 Å². The van der Waals surface area contributed by atoms with Crippen molar-refractivity contribution in [3.05, 3.63) is 29.6 Å². The molecule has 2 amide bonds. The molecule has 0 spiro atoms. The van der Waals surface area contributed by atoms with E-state index in [0.717, 1.165) is 12.1 Å². The van der Waals surface area contributed by atoms with Gasteiger partial charge < -0.3 is 15.3 Å². The zero-order valence-corrected chi connectivity index (χ0v) is 11.8.